The third kappa shape index (κ3) is 3.09. The maximum Gasteiger partial charge on any atom is 0.214 e. The van der Waals surface area contributed by atoms with E-state index in [0.717, 1.165) is 31.7 Å². The largest absolute Gasteiger partial charge is 0.481 e. The molecule has 2 rings (SSSR count). The predicted molar refractivity (Wildman–Crippen MR) is 67.4 cm³/mol. The Kier molecular flexibility index (Phi) is 4.20. The summed E-state index contributed by atoms with van der Waals surface area (Å²) in [6, 6.07) is 3.87. The summed E-state index contributed by atoms with van der Waals surface area (Å²) in [6.07, 6.45) is 4.40. The van der Waals surface area contributed by atoms with Crippen LogP contribution in [0.5, 0.6) is 5.88 Å². The first-order valence-electron chi connectivity index (χ1n) is 6.19. The molecule has 1 N–H and O–H groups in total. The van der Waals surface area contributed by atoms with Gasteiger partial charge in [-0.1, -0.05) is 6.92 Å². The fourth-order valence-corrected chi connectivity index (χ4v) is 2.26. The van der Waals surface area contributed by atoms with Gasteiger partial charge in [-0.05, 0) is 18.9 Å². The van der Waals surface area contributed by atoms with Gasteiger partial charge in [0.2, 0.25) is 5.88 Å². The number of rotatable bonds is 5. The van der Waals surface area contributed by atoms with Crippen molar-refractivity contribution in [3.63, 3.8) is 0 Å². The average Bonchev–Trinajstić information content (AvgIpc) is 2.84. The van der Waals surface area contributed by atoms with E-state index < -0.39 is 0 Å². The second kappa shape index (κ2) is 5.87. The van der Waals surface area contributed by atoms with Gasteiger partial charge in [0.05, 0.1) is 13.2 Å². The first kappa shape index (κ1) is 12.2. The highest BCUT2D eigenvalue weighted by Gasteiger charge is 2.26. The van der Waals surface area contributed by atoms with Gasteiger partial charge in [0, 0.05) is 37.0 Å². The zero-order chi connectivity index (χ0) is 12.1. The van der Waals surface area contributed by atoms with Gasteiger partial charge < -0.3 is 14.8 Å². The molecule has 1 saturated heterocycles. The van der Waals surface area contributed by atoms with E-state index in [1.54, 1.807) is 13.3 Å². The first-order valence-corrected chi connectivity index (χ1v) is 6.19. The molecule has 1 aromatic rings. The van der Waals surface area contributed by atoms with Crippen molar-refractivity contribution in [1.82, 2.24) is 4.98 Å². The zero-order valence-corrected chi connectivity index (χ0v) is 10.5. The Morgan fingerprint density at radius 2 is 2.47 bits per heavy atom. The van der Waals surface area contributed by atoms with E-state index in [9.17, 15) is 0 Å². The second-order valence-electron chi connectivity index (χ2n) is 4.33. The van der Waals surface area contributed by atoms with Crippen molar-refractivity contribution in [2.24, 2.45) is 5.92 Å². The molecule has 1 aliphatic rings. The van der Waals surface area contributed by atoms with Gasteiger partial charge in [0.25, 0.3) is 0 Å². The van der Waals surface area contributed by atoms with E-state index in [1.165, 1.54) is 0 Å². The normalized spacial score (nSPS) is 23.6. The summed E-state index contributed by atoms with van der Waals surface area (Å²) in [5.41, 5.74) is 1.05. The van der Waals surface area contributed by atoms with Crippen molar-refractivity contribution < 1.29 is 9.47 Å². The Bertz CT molecular complexity index is 357. The van der Waals surface area contributed by atoms with Gasteiger partial charge in [-0.15, -0.1) is 0 Å². The first-order chi connectivity index (χ1) is 8.33. The molecule has 0 saturated carbocycles. The van der Waals surface area contributed by atoms with Gasteiger partial charge in [0.15, 0.2) is 0 Å². The Morgan fingerprint density at radius 1 is 1.59 bits per heavy atom. The summed E-state index contributed by atoms with van der Waals surface area (Å²) in [5, 5.41) is 3.43. The Labute approximate surface area is 102 Å². The number of aromatic nitrogens is 1. The van der Waals surface area contributed by atoms with Crippen molar-refractivity contribution in [3.8, 4) is 5.88 Å². The van der Waals surface area contributed by atoms with Gasteiger partial charge >= 0.3 is 0 Å². The Morgan fingerprint density at radius 3 is 3.24 bits per heavy atom. The van der Waals surface area contributed by atoms with Crippen LogP contribution in [0, 0.1) is 5.92 Å². The average molecular weight is 236 g/mol. The molecule has 0 aliphatic carbocycles. The molecular formula is C13H20N2O2. The quantitative estimate of drug-likeness (QED) is 0.852. The highest BCUT2D eigenvalue weighted by atomic mass is 16.5. The molecule has 4 heteroatoms. The van der Waals surface area contributed by atoms with Crippen molar-refractivity contribution in [2.75, 3.05) is 25.6 Å². The molecule has 17 heavy (non-hydrogen) atoms. The number of hydrogen-bond acceptors (Lipinski definition) is 4. The molecule has 2 heterocycles. The minimum atomic E-state index is 0.409. The summed E-state index contributed by atoms with van der Waals surface area (Å²) >= 11 is 0. The van der Waals surface area contributed by atoms with Crippen LogP contribution in [0.15, 0.2) is 18.3 Å². The van der Waals surface area contributed by atoms with E-state index in [2.05, 4.69) is 17.2 Å². The lowest BCUT2D eigenvalue weighted by Crippen LogP contribution is -2.22. The molecule has 0 amide bonds. The summed E-state index contributed by atoms with van der Waals surface area (Å²) in [6.45, 7) is 4.02. The van der Waals surface area contributed by atoms with E-state index in [-0.39, 0.29) is 0 Å². The van der Waals surface area contributed by atoms with E-state index >= 15 is 0 Å². The lowest BCUT2D eigenvalue weighted by atomic mass is 10.00. The maximum atomic E-state index is 5.67. The van der Waals surface area contributed by atoms with Gasteiger partial charge in [0.1, 0.15) is 0 Å². The zero-order valence-electron chi connectivity index (χ0n) is 10.5. The van der Waals surface area contributed by atoms with E-state index in [1.807, 2.05) is 12.1 Å². The van der Waals surface area contributed by atoms with Crippen LogP contribution in [0.1, 0.15) is 19.8 Å². The summed E-state index contributed by atoms with van der Waals surface area (Å²) < 4.78 is 10.8. The molecule has 2 atom stereocenters. The SMILES string of the molecule is CCC1OCCC1CNc1ccnc(OC)c1. The summed E-state index contributed by atoms with van der Waals surface area (Å²) in [5.74, 6) is 1.25. The molecule has 0 aromatic carbocycles. The molecule has 0 bridgehead atoms. The number of methoxy groups -OCH3 is 1. The van der Waals surface area contributed by atoms with Crippen LogP contribution in [0.25, 0.3) is 0 Å². The van der Waals surface area contributed by atoms with E-state index in [0.29, 0.717) is 17.9 Å². The lowest BCUT2D eigenvalue weighted by molar-refractivity contribution is 0.0900. The van der Waals surface area contributed by atoms with Crippen molar-refractivity contribution in [2.45, 2.75) is 25.9 Å². The predicted octanol–water partition coefficient (Wildman–Crippen LogP) is 2.32. The van der Waals surface area contributed by atoms with Gasteiger partial charge in [-0.3, -0.25) is 0 Å². The van der Waals surface area contributed by atoms with Crippen LogP contribution in [0.2, 0.25) is 0 Å². The molecular weight excluding hydrogens is 216 g/mol. The van der Waals surface area contributed by atoms with Crippen molar-refractivity contribution >= 4 is 5.69 Å². The monoisotopic (exact) mass is 236 g/mol. The molecule has 2 unspecified atom stereocenters. The molecule has 0 spiro atoms. The number of nitrogens with zero attached hydrogens (tertiary/aromatic N) is 1. The standard InChI is InChI=1S/C13H20N2O2/c1-3-12-10(5-7-17-12)9-15-11-4-6-14-13(8-11)16-2/h4,6,8,10,12H,3,5,7,9H2,1-2H3,(H,14,15). The van der Waals surface area contributed by atoms with Crippen LogP contribution >= 0.6 is 0 Å². The highest BCUT2D eigenvalue weighted by Crippen LogP contribution is 2.24. The van der Waals surface area contributed by atoms with Crippen LogP contribution < -0.4 is 10.1 Å². The third-order valence-electron chi connectivity index (χ3n) is 3.26. The number of nitrogens with one attached hydrogen (secondary N) is 1. The minimum absolute atomic E-state index is 0.409. The van der Waals surface area contributed by atoms with Crippen LogP contribution in [-0.2, 0) is 4.74 Å². The fourth-order valence-electron chi connectivity index (χ4n) is 2.26. The van der Waals surface area contributed by atoms with Gasteiger partial charge in [-0.25, -0.2) is 4.98 Å². The number of anilines is 1. The smallest absolute Gasteiger partial charge is 0.214 e. The topological polar surface area (TPSA) is 43.4 Å². The number of ether oxygens (including phenoxy) is 2. The van der Waals surface area contributed by atoms with Crippen molar-refractivity contribution in [1.29, 1.82) is 0 Å². The highest BCUT2D eigenvalue weighted by molar-refractivity contribution is 5.45. The summed E-state index contributed by atoms with van der Waals surface area (Å²) in [4.78, 5) is 4.08. The number of hydrogen-bond donors (Lipinski definition) is 1. The van der Waals surface area contributed by atoms with Crippen LogP contribution in [0.3, 0.4) is 0 Å². The Balaban J connectivity index is 1.88. The fraction of sp³-hybridized carbons (Fsp3) is 0.615. The maximum absolute atomic E-state index is 5.67. The third-order valence-corrected chi connectivity index (χ3v) is 3.26. The van der Waals surface area contributed by atoms with Crippen molar-refractivity contribution in [3.05, 3.63) is 18.3 Å². The van der Waals surface area contributed by atoms with Gasteiger partial charge in [-0.2, -0.15) is 0 Å². The summed E-state index contributed by atoms with van der Waals surface area (Å²) in [7, 11) is 1.63. The molecule has 94 valence electrons. The van der Waals surface area contributed by atoms with Crippen LogP contribution in [0.4, 0.5) is 5.69 Å². The number of pyridine rings is 1. The molecule has 1 aliphatic heterocycles. The van der Waals surface area contributed by atoms with E-state index in [4.69, 9.17) is 9.47 Å². The molecule has 0 radical (unpaired) electrons. The Hall–Kier alpha value is -1.29. The minimum Gasteiger partial charge on any atom is -0.481 e. The molecule has 1 aromatic heterocycles. The molecule has 4 nitrogen and oxygen atoms in total. The molecule has 1 fully saturated rings. The van der Waals surface area contributed by atoms with Crippen LogP contribution in [-0.4, -0.2) is 31.3 Å². The second-order valence-corrected chi connectivity index (χ2v) is 4.33. The lowest BCUT2D eigenvalue weighted by Gasteiger charge is -2.18.